The van der Waals surface area contributed by atoms with E-state index >= 15 is 0 Å². The molecule has 17 heavy (non-hydrogen) atoms. The molecule has 0 N–H and O–H groups in total. The Bertz CT molecular complexity index is 290. The first-order valence-electron chi connectivity index (χ1n) is 7.52. The Kier molecular flexibility index (Phi) is 4.82. The van der Waals surface area contributed by atoms with E-state index in [4.69, 9.17) is 0 Å². The number of rotatable bonds is 0. The first-order valence-corrected chi connectivity index (χ1v) is 7.52. The second-order valence-corrected chi connectivity index (χ2v) is 5.92. The molecular formula is C16H26O. The minimum Gasteiger partial charge on any atom is -0.295 e. The van der Waals surface area contributed by atoms with Crippen LogP contribution in [0.5, 0.6) is 0 Å². The lowest BCUT2D eigenvalue weighted by Crippen LogP contribution is -2.07. The van der Waals surface area contributed by atoms with E-state index in [1.165, 1.54) is 56.9 Å². The molecule has 2 unspecified atom stereocenters. The Hall–Kier alpha value is -0.590. The molecule has 2 aliphatic carbocycles. The first kappa shape index (κ1) is 12.9. The maximum atomic E-state index is 12.0. The number of hydrogen-bond donors (Lipinski definition) is 0. The van der Waals surface area contributed by atoms with Gasteiger partial charge in [0.25, 0.3) is 0 Å². The van der Waals surface area contributed by atoms with Crippen LogP contribution < -0.4 is 0 Å². The van der Waals surface area contributed by atoms with E-state index in [9.17, 15) is 4.79 Å². The normalized spacial score (nSPS) is 35.4. The van der Waals surface area contributed by atoms with Gasteiger partial charge in [-0.25, -0.2) is 0 Å². The van der Waals surface area contributed by atoms with Gasteiger partial charge in [-0.3, -0.25) is 4.79 Å². The summed E-state index contributed by atoms with van der Waals surface area (Å²) in [6.07, 6.45) is 15.0. The number of carbonyl (C=O) groups is 1. The summed E-state index contributed by atoms with van der Waals surface area (Å²) in [5.74, 6) is 1.62. The molecule has 0 bridgehead atoms. The fourth-order valence-electron chi connectivity index (χ4n) is 3.42. The lowest BCUT2D eigenvalue weighted by molar-refractivity contribution is -0.114. The summed E-state index contributed by atoms with van der Waals surface area (Å²) in [5.41, 5.74) is 1.19. The molecule has 1 saturated carbocycles. The lowest BCUT2D eigenvalue weighted by Gasteiger charge is -2.16. The van der Waals surface area contributed by atoms with Gasteiger partial charge in [0, 0.05) is 6.42 Å². The van der Waals surface area contributed by atoms with Gasteiger partial charge in [-0.1, -0.05) is 51.5 Å². The average Bonchev–Trinajstić information content (AvgIpc) is 2.54. The highest BCUT2D eigenvalue weighted by Crippen LogP contribution is 2.37. The Balaban J connectivity index is 2.03. The van der Waals surface area contributed by atoms with Crippen molar-refractivity contribution in [2.45, 2.75) is 71.1 Å². The third-order valence-electron chi connectivity index (χ3n) is 4.50. The largest absolute Gasteiger partial charge is 0.295 e. The minimum absolute atomic E-state index is 0.444. The summed E-state index contributed by atoms with van der Waals surface area (Å²) < 4.78 is 0. The molecule has 2 atom stereocenters. The topological polar surface area (TPSA) is 17.1 Å². The van der Waals surface area contributed by atoms with Gasteiger partial charge in [0.05, 0.1) is 0 Å². The molecule has 0 aromatic heterocycles. The van der Waals surface area contributed by atoms with E-state index in [1.54, 1.807) is 0 Å². The number of Topliss-reactive ketones (excluding diaryl/α,β-unsaturated/α-hetero) is 1. The van der Waals surface area contributed by atoms with Gasteiger partial charge in [-0.05, 0) is 36.7 Å². The van der Waals surface area contributed by atoms with Crippen LogP contribution in [0.2, 0.25) is 0 Å². The van der Waals surface area contributed by atoms with Crippen molar-refractivity contribution in [1.82, 2.24) is 0 Å². The standard InChI is InChI=1S/C16H26O/c1-13-12-16(17)15-11-9-7-5-3-2-4-6-8-10-14(13)15/h11,13-14H,2-10,12H2,1H3/b15-11-. The molecule has 0 aliphatic heterocycles. The van der Waals surface area contributed by atoms with E-state index in [-0.39, 0.29) is 0 Å². The fraction of sp³-hybridized carbons (Fsp3) is 0.812. The summed E-state index contributed by atoms with van der Waals surface area (Å²) in [5, 5.41) is 0. The van der Waals surface area contributed by atoms with E-state index in [0.717, 1.165) is 12.8 Å². The molecule has 1 nitrogen and oxygen atoms in total. The predicted molar refractivity (Wildman–Crippen MR) is 71.9 cm³/mol. The Morgan fingerprint density at radius 2 is 1.65 bits per heavy atom. The minimum atomic E-state index is 0.444. The Labute approximate surface area is 106 Å². The molecule has 1 fully saturated rings. The number of allylic oxidation sites excluding steroid dienone is 2. The summed E-state index contributed by atoms with van der Waals surface area (Å²) in [4.78, 5) is 12.0. The van der Waals surface area contributed by atoms with Crippen LogP contribution in [-0.4, -0.2) is 5.78 Å². The Morgan fingerprint density at radius 3 is 2.41 bits per heavy atom. The Morgan fingerprint density at radius 1 is 1.00 bits per heavy atom. The van der Waals surface area contributed by atoms with E-state index in [2.05, 4.69) is 13.0 Å². The van der Waals surface area contributed by atoms with Gasteiger partial charge in [-0.2, -0.15) is 0 Å². The molecule has 0 amide bonds. The molecule has 0 aromatic carbocycles. The van der Waals surface area contributed by atoms with Crippen molar-refractivity contribution in [3.05, 3.63) is 11.6 Å². The second kappa shape index (κ2) is 6.37. The van der Waals surface area contributed by atoms with Crippen LogP contribution in [0.25, 0.3) is 0 Å². The lowest BCUT2D eigenvalue weighted by atomic mass is 9.88. The van der Waals surface area contributed by atoms with Crippen LogP contribution in [0.15, 0.2) is 11.6 Å². The summed E-state index contributed by atoms with van der Waals surface area (Å²) in [7, 11) is 0. The van der Waals surface area contributed by atoms with Gasteiger partial charge in [0.2, 0.25) is 0 Å². The highest BCUT2D eigenvalue weighted by atomic mass is 16.1. The van der Waals surface area contributed by atoms with Gasteiger partial charge in [0.1, 0.15) is 0 Å². The smallest absolute Gasteiger partial charge is 0.159 e. The third-order valence-corrected chi connectivity index (χ3v) is 4.50. The molecule has 0 saturated heterocycles. The van der Waals surface area contributed by atoms with Gasteiger partial charge in [-0.15, -0.1) is 0 Å². The predicted octanol–water partition coefficient (Wildman–Crippen LogP) is 4.66. The number of carbonyl (C=O) groups excluding carboxylic acids is 1. The molecule has 0 heterocycles. The summed E-state index contributed by atoms with van der Waals surface area (Å²) in [6, 6.07) is 0. The summed E-state index contributed by atoms with van der Waals surface area (Å²) in [6.45, 7) is 2.26. The summed E-state index contributed by atoms with van der Waals surface area (Å²) >= 11 is 0. The van der Waals surface area contributed by atoms with Crippen molar-refractivity contribution >= 4 is 5.78 Å². The van der Waals surface area contributed by atoms with Crippen molar-refractivity contribution in [1.29, 1.82) is 0 Å². The number of hydrogen-bond acceptors (Lipinski definition) is 1. The highest BCUT2D eigenvalue weighted by Gasteiger charge is 2.33. The van der Waals surface area contributed by atoms with Crippen molar-refractivity contribution in [2.24, 2.45) is 11.8 Å². The molecule has 0 radical (unpaired) electrons. The van der Waals surface area contributed by atoms with Crippen LogP contribution >= 0.6 is 0 Å². The van der Waals surface area contributed by atoms with E-state index in [0.29, 0.717) is 17.6 Å². The second-order valence-electron chi connectivity index (χ2n) is 5.92. The van der Waals surface area contributed by atoms with Crippen molar-refractivity contribution in [3.63, 3.8) is 0 Å². The number of ketones is 1. The zero-order chi connectivity index (χ0) is 12.1. The SMILES string of the molecule is CC1CC(=O)/C2=C\CCCCCCCCCC21. The van der Waals surface area contributed by atoms with Crippen molar-refractivity contribution < 1.29 is 4.79 Å². The van der Waals surface area contributed by atoms with Crippen LogP contribution in [0.3, 0.4) is 0 Å². The zero-order valence-electron chi connectivity index (χ0n) is 11.2. The van der Waals surface area contributed by atoms with E-state index < -0.39 is 0 Å². The van der Waals surface area contributed by atoms with Gasteiger partial charge in [0.15, 0.2) is 5.78 Å². The third kappa shape index (κ3) is 3.43. The molecule has 2 rings (SSSR count). The average molecular weight is 234 g/mol. The first-order chi connectivity index (χ1) is 8.29. The molecule has 2 aliphatic rings. The molecule has 1 heteroatoms. The molecule has 0 aromatic rings. The highest BCUT2D eigenvalue weighted by molar-refractivity contribution is 5.98. The van der Waals surface area contributed by atoms with Crippen molar-refractivity contribution in [2.75, 3.05) is 0 Å². The van der Waals surface area contributed by atoms with E-state index in [1.807, 2.05) is 0 Å². The van der Waals surface area contributed by atoms with Crippen LogP contribution in [0.4, 0.5) is 0 Å². The quantitative estimate of drug-likeness (QED) is 0.595. The fourth-order valence-corrected chi connectivity index (χ4v) is 3.42. The molecule has 0 spiro atoms. The van der Waals surface area contributed by atoms with Crippen molar-refractivity contribution in [3.8, 4) is 0 Å². The van der Waals surface area contributed by atoms with Crippen LogP contribution in [0.1, 0.15) is 71.1 Å². The van der Waals surface area contributed by atoms with Gasteiger partial charge < -0.3 is 0 Å². The number of fused-ring (bicyclic) bond motifs is 1. The monoisotopic (exact) mass is 234 g/mol. The maximum Gasteiger partial charge on any atom is 0.159 e. The van der Waals surface area contributed by atoms with Crippen LogP contribution in [-0.2, 0) is 4.79 Å². The maximum absolute atomic E-state index is 12.0. The van der Waals surface area contributed by atoms with Crippen LogP contribution in [0, 0.1) is 11.8 Å². The zero-order valence-corrected chi connectivity index (χ0v) is 11.2. The molecular weight excluding hydrogens is 208 g/mol. The van der Waals surface area contributed by atoms with Gasteiger partial charge >= 0.3 is 0 Å². The molecule has 96 valence electrons.